The Balaban J connectivity index is 1.71. The van der Waals surface area contributed by atoms with Crippen LogP contribution in [0, 0.1) is 0 Å². The lowest BCUT2D eigenvalue weighted by atomic mass is 10.00. The van der Waals surface area contributed by atoms with Crippen molar-refractivity contribution in [2.24, 2.45) is 0 Å². The molecule has 0 aliphatic carbocycles. The van der Waals surface area contributed by atoms with Crippen LogP contribution in [0.15, 0.2) is 54.6 Å². The summed E-state index contributed by atoms with van der Waals surface area (Å²) in [6, 6.07) is 18.8. The first kappa shape index (κ1) is 16.7. The molecule has 1 N–H and O–H groups in total. The number of piperidine rings is 1. The zero-order chi connectivity index (χ0) is 16.8. The van der Waals surface area contributed by atoms with Crippen LogP contribution in [-0.4, -0.2) is 29.9 Å². The molecule has 1 heterocycles. The molecule has 3 rings (SSSR count). The molecule has 0 aromatic heterocycles. The van der Waals surface area contributed by atoms with Crippen LogP contribution in [0.3, 0.4) is 0 Å². The zero-order valence-electron chi connectivity index (χ0n) is 14.4. The Morgan fingerprint density at radius 3 is 2.62 bits per heavy atom. The molecule has 1 amide bonds. The predicted molar refractivity (Wildman–Crippen MR) is 100 cm³/mol. The summed E-state index contributed by atoms with van der Waals surface area (Å²) in [5, 5.41) is 3.12. The van der Waals surface area contributed by atoms with Crippen LogP contribution < -0.4 is 5.32 Å². The number of carbonyl (C=O) groups is 1. The first-order valence-corrected chi connectivity index (χ1v) is 8.96. The Hall–Kier alpha value is -2.13. The average Bonchev–Trinajstić information content (AvgIpc) is 2.63. The number of hydrogen-bond donors (Lipinski definition) is 1. The maximum Gasteiger partial charge on any atom is 0.238 e. The highest BCUT2D eigenvalue weighted by Crippen LogP contribution is 2.27. The summed E-state index contributed by atoms with van der Waals surface area (Å²) in [4.78, 5) is 14.9. The van der Waals surface area contributed by atoms with Gasteiger partial charge in [-0.3, -0.25) is 9.69 Å². The molecular weight excluding hydrogens is 296 g/mol. The zero-order valence-corrected chi connectivity index (χ0v) is 14.4. The van der Waals surface area contributed by atoms with Gasteiger partial charge in [0, 0.05) is 17.3 Å². The lowest BCUT2D eigenvalue weighted by molar-refractivity contribution is -0.118. The van der Waals surface area contributed by atoms with Crippen molar-refractivity contribution in [2.45, 2.75) is 38.6 Å². The lowest BCUT2D eigenvalue weighted by Crippen LogP contribution is -2.43. The number of anilines is 1. The fraction of sp³-hybridized carbons (Fsp3) is 0.381. The topological polar surface area (TPSA) is 32.3 Å². The molecule has 1 unspecified atom stereocenters. The third-order valence-corrected chi connectivity index (χ3v) is 4.85. The monoisotopic (exact) mass is 322 g/mol. The van der Waals surface area contributed by atoms with Crippen molar-refractivity contribution in [1.29, 1.82) is 0 Å². The van der Waals surface area contributed by atoms with Gasteiger partial charge in [-0.05, 0) is 37.4 Å². The lowest BCUT2D eigenvalue weighted by Gasteiger charge is -2.34. The third kappa shape index (κ3) is 4.04. The number of likely N-dealkylation sites (tertiary alicyclic amines) is 1. The Bertz CT molecular complexity index is 669. The molecule has 0 saturated carbocycles. The molecule has 0 radical (unpaired) electrons. The van der Waals surface area contributed by atoms with Crippen LogP contribution in [0.5, 0.6) is 0 Å². The van der Waals surface area contributed by atoms with E-state index in [-0.39, 0.29) is 5.91 Å². The maximum atomic E-state index is 12.6. The van der Waals surface area contributed by atoms with Gasteiger partial charge in [0.05, 0.1) is 6.54 Å². The Labute approximate surface area is 144 Å². The molecule has 0 spiro atoms. The number of nitrogens with one attached hydrogen (secondary N) is 1. The summed E-state index contributed by atoms with van der Waals surface area (Å²) < 4.78 is 0. The van der Waals surface area contributed by atoms with Crippen LogP contribution in [0.25, 0.3) is 11.1 Å². The van der Waals surface area contributed by atoms with Crippen LogP contribution in [0.2, 0.25) is 0 Å². The Morgan fingerprint density at radius 1 is 1.08 bits per heavy atom. The second kappa shape index (κ2) is 8.11. The first-order valence-electron chi connectivity index (χ1n) is 8.96. The Kier molecular flexibility index (Phi) is 5.65. The van der Waals surface area contributed by atoms with E-state index < -0.39 is 0 Å². The minimum atomic E-state index is 0.0822. The number of para-hydroxylation sites is 1. The molecule has 2 aromatic carbocycles. The van der Waals surface area contributed by atoms with E-state index in [9.17, 15) is 4.79 Å². The van der Waals surface area contributed by atoms with Crippen molar-refractivity contribution >= 4 is 11.6 Å². The SMILES string of the molecule is CCC1CCCCN1CC(=O)Nc1ccccc1-c1ccccc1. The van der Waals surface area contributed by atoms with Gasteiger partial charge >= 0.3 is 0 Å². The van der Waals surface area contributed by atoms with E-state index in [0.717, 1.165) is 29.8 Å². The predicted octanol–water partition coefficient (Wildman–Crippen LogP) is 4.56. The summed E-state index contributed by atoms with van der Waals surface area (Å²) in [5.41, 5.74) is 3.08. The van der Waals surface area contributed by atoms with Crippen LogP contribution >= 0.6 is 0 Å². The second-order valence-electron chi connectivity index (χ2n) is 6.49. The largest absolute Gasteiger partial charge is 0.324 e. The smallest absolute Gasteiger partial charge is 0.238 e. The van der Waals surface area contributed by atoms with Crippen molar-refractivity contribution < 1.29 is 4.79 Å². The van der Waals surface area contributed by atoms with Gasteiger partial charge in [0.2, 0.25) is 5.91 Å². The molecule has 0 bridgehead atoms. The maximum absolute atomic E-state index is 12.6. The standard InChI is InChI=1S/C21H26N2O/c1-2-18-12-8-9-15-23(18)16-21(24)22-20-14-7-6-13-19(20)17-10-4-3-5-11-17/h3-7,10-11,13-14,18H,2,8-9,12,15-16H2,1H3,(H,22,24). The second-order valence-corrected chi connectivity index (χ2v) is 6.49. The number of amides is 1. The minimum Gasteiger partial charge on any atom is -0.324 e. The highest BCUT2D eigenvalue weighted by atomic mass is 16.2. The number of rotatable bonds is 5. The minimum absolute atomic E-state index is 0.0822. The van der Waals surface area contributed by atoms with E-state index in [1.165, 1.54) is 19.3 Å². The van der Waals surface area contributed by atoms with Gasteiger partial charge in [-0.2, -0.15) is 0 Å². The van der Waals surface area contributed by atoms with Gasteiger partial charge in [0.15, 0.2) is 0 Å². The quantitative estimate of drug-likeness (QED) is 0.875. The number of benzene rings is 2. The van der Waals surface area contributed by atoms with E-state index in [0.29, 0.717) is 12.6 Å². The Morgan fingerprint density at radius 2 is 1.83 bits per heavy atom. The van der Waals surface area contributed by atoms with Gasteiger partial charge < -0.3 is 5.32 Å². The molecule has 3 nitrogen and oxygen atoms in total. The van der Waals surface area contributed by atoms with Crippen molar-refractivity contribution in [2.75, 3.05) is 18.4 Å². The van der Waals surface area contributed by atoms with Crippen LogP contribution in [-0.2, 0) is 4.79 Å². The third-order valence-electron chi connectivity index (χ3n) is 4.85. The van der Waals surface area contributed by atoms with E-state index >= 15 is 0 Å². The van der Waals surface area contributed by atoms with Gasteiger partial charge in [-0.25, -0.2) is 0 Å². The van der Waals surface area contributed by atoms with Gasteiger partial charge in [-0.1, -0.05) is 61.9 Å². The molecule has 2 aromatic rings. The number of carbonyl (C=O) groups excluding carboxylic acids is 1. The fourth-order valence-electron chi connectivity index (χ4n) is 3.57. The normalized spacial score (nSPS) is 18.3. The van der Waals surface area contributed by atoms with Crippen LogP contribution in [0.1, 0.15) is 32.6 Å². The van der Waals surface area contributed by atoms with Crippen molar-refractivity contribution in [3.63, 3.8) is 0 Å². The molecule has 1 saturated heterocycles. The van der Waals surface area contributed by atoms with Crippen molar-refractivity contribution in [3.05, 3.63) is 54.6 Å². The molecule has 1 atom stereocenters. The summed E-state index contributed by atoms with van der Waals surface area (Å²) in [5.74, 6) is 0.0822. The van der Waals surface area contributed by atoms with Crippen LogP contribution in [0.4, 0.5) is 5.69 Å². The molecule has 1 aliphatic heterocycles. The summed E-state index contributed by atoms with van der Waals surface area (Å²) in [7, 11) is 0. The van der Waals surface area contributed by atoms with Gasteiger partial charge in [-0.15, -0.1) is 0 Å². The summed E-state index contributed by atoms with van der Waals surface area (Å²) in [6.07, 6.45) is 4.82. The van der Waals surface area contributed by atoms with E-state index in [4.69, 9.17) is 0 Å². The van der Waals surface area contributed by atoms with Crippen molar-refractivity contribution in [3.8, 4) is 11.1 Å². The highest BCUT2D eigenvalue weighted by Gasteiger charge is 2.22. The van der Waals surface area contributed by atoms with Crippen molar-refractivity contribution in [1.82, 2.24) is 4.90 Å². The fourth-order valence-corrected chi connectivity index (χ4v) is 3.57. The van der Waals surface area contributed by atoms with E-state index in [1.54, 1.807) is 0 Å². The molecule has 24 heavy (non-hydrogen) atoms. The van der Waals surface area contributed by atoms with Gasteiger partial charge in [0.25, 0.3) is 0 Å². The number of hydrogen-bond acceptors (Lipinski definition) is 2. The summed E-state index contributed by atoms with van der Waals surface area (Å²) >= 11 is 0. The summed E-state index contributed by atoms with van der Waals surface area (Å²) in [6.45, 7) is 3.74. The number of nitrogens with zero attached hydrogens (tertiary/aromatic N) is 1. The molecule has 1 fully saturated rings. The first-order chi connectivity index (χ1) is 11.8. The van der Waals surface area contributed by atoms with E-state index in [1.807, 2.05) is 36.4 Å². The average molecular weight is 322 g/mol. The highest BCUT2D eigenvalue weighted by molar-refractivity contribution is 5.96. The molecule has 3 heteroatoms. The molecular formula is C21H26N2O. The molecule has 126 valence electrons. The molecule has 1 aliphatic rings. The van der Waals surface area contributed by atoms with Gasteiger partial charge in [0.1, 0.15) is 0 Å². The van der Waals surface area contributed by atoms with E-state index in [2.05, 4.69) is 35.3 Å².